The molecule has 0 aliphatic carbocycles. The van der Waals surface area contributed by atoms with E-state index >= 15 is 0 Å². The van der Waals surface area contributed by atoms with Crippen LogP contribution < -0.4 is 0 Å². The number of benzene rings is 1. The van der Waals surface area contributed by atoms with Crippen LogP contribution >= 0.6 is 0 Å². The predicted molar refractivity (Wildman–Crippen MR) is 110 cm³/mol. The van der Waals surface area contributed by atoms with Crippen LogP contribution in [0, 0.1) is 5.92 Å². The van der Waals surface area contributed by atoms with Crippen LogP contribution in [0.5, 0.6) is 0 Å². The smallest absolute Gasteiger partial charge is 0.158 e. The molecule has 1 saturated heterocycles. The van der Waals surface area contributed by atoms with Crippen molar-refractivity contribution in [3.8, 4) is 11.5 Å². The van der Waals surface area contributed by atoms with Gasteiger partial charge in [0, 0.05) is 55.3 Å². The Morgan fingerprint density at radius 3 is 3.04 bits per heavy atom. The number of aromatic nitrogens is 5. The molecule has 142 valence electrons. The topological polar surface area (TPSA) is 62.6 Å². The van der Waals surface area contributed by atoms with Gasteiger partial charge in [0.15, 0.2) is 5.82 Å². The molecule has 0 spiro atoms. The Hall–Kier alpha value is -2.99. The highest BCUT2D eigenvalue weighted by molar-refractivity contribution is 5.82. The Bertz CT molecular complexity index is 1100. The second-order valence-electron chi connectivity index (χ2n) is 7.71. The van der Waals surface area contributed by atoms with Gasteiger partial charge in [0.2, 0.25) is 0 Å². The fourth-order valence-corrected chi connectivity index (χ4v) is 4.29. The third kappa shape index (κ3) is 3.31. The fourth-order valence-electron chi connectivity index (χ4n) is 4.29. The quantitative estimate of drug-likeness (QED) is 0.583. The minimum atomic E-state index is 0.634. The summed E-state index contributed by atoms with van der Waals surface area (Å²) in [6, 6.07) is 10.8. The molecule has 3 aromatic heterocycles. The predicted octanol–water partition coefficient (Wildman–Crippen LogP) is 3.42. The number of fused-ring (bicyclic) bond motifs is 1. The first-order valence-corrected chi connectivity index (χ1v) is 9.82. The van der Waals surface area contributed by atoms with Crippen LogP contribution in [0.2, 0.25) is 0 Å². The van der Waals surface area contributed by atoms with E-state index in [-0.39, 0.29) is 0 Å². The van der Waals surface area contributed by atoms with E-state index in [9.17, 15) is 0 Å². The van der Waals surface area contributed by atoms with Gasteiger partial charge in [-0.1, -0.05) is 12.1 Å². The summed E-state index contributed by atoms with van der Waals surface area (Å²) < 4.78 is 1.99. The fraction of sp³-hybridized carbons (Fsp3) is 0.318. The first-order valence-electron chi connectivity index (χ1n) is 9.82. The number of likely N-dealkylation sites (tertiary alicyclic amines) is 1. The van der Waals surface area contributed by atoms with E-state index in [1.54, 1.807) is 12.5 Å². The molecule has 28 heavy (non-hydrogen) atoms. The zero-order valence-corrected chi connectivity index (χ0v) is 16.0. The Balaban J connectivity index is 1.26. The van der Waals surface area contributed by atoms with Crippen LogP contribution in [0.1, 0.15) is 17.7 Å². The lowest BCUT2D eigenvalue weighted by molar-refractivity contribution is 0.317. The molecule has 0 radical (unpaired) electrons. The standard InChI is InChI=1S/C22H24N6/c1-27-10-8-24-22(27)21-12-18(25-15-26-21)11-16-6-9-28(13-16)14-17-3-2-4-20-19(17)5-7-23-20/h2-5,7-8,10,12,15-16,23H,6,9,11,13-14H2,1H3/t16-/m0/s1. The van der Waals surface area contributed by atoms with Crippen LogP contribution in [0.15, 0.2) is 55.2 Å². The molecule has 4 heterocycles. The van der Waals surface area contributed by atoms with E-state index in [4.69, 9.17) is 0 Å². The molecule has 0 bridgehead atoms. The van der Waals surface area contributed by atoms with Gasteiger partial charge >= 0.3 is 0 Å². The summed E-state index contributed by atoms with van der Waals surface area (Å²) in [5.41, 5.74) is 4.62. The minimum Gasteiger partial charge on any atom is -0.361 e. The Morgan fingerprint density at radius 2 is 2.14 bits per heavy atom. The lowest BCUT2D eigenvalue weighted by atomic mass is 10.0. The van der Waals surface area contributed by atoms with Crippen molar-refractivity contribution in [2.45, 2.75) is 19.4 Å². The summed E-state index contributed by atoms with van der Waals surface area (Å²) in [7, 11) is 1.99. The highest BCUT2D eigenvalue weighted by Crippen LogP contribution is 2.25. The second kappa shape index (κ2) is 7.20. The molecule has 4 aromatic rings. The van der Waals surface area contributed by atoms with Crippen molar-refractivity contribution in [1.29, 1.82) is 0 Å². The summed E-state index contributed by atoms with van der Waals surface area (Å²) in [5, 5.41) is 1.33. The lowest BCUT2D eigenvalue weighted by Gasteiger charge is -2.17. The summed E-state index contributed by atoms with van der Waals surface area (Å²) in [4.78, 5) is 19.2. The van der Waals surface area contributed by atoms with Gasteiger partial charge in [0.25, 0.3) is 0 Å². The van der Waals surface area contributed by atoms with Crippen molar-refractivity contribution < 1.29 is 0 Å². The van der Waals surface area contributed by atoms with Crippen molar-refractivity contribution >= 4 is 10.9 Å². The Kier molecular flexibility index (Phi) is 4.41. The monoisotopic (exact) mass is 372 g/mol. The number of imidazole rings is 1. The molecule has 6 nitrogen and oxygen atoms in total. The van der Waals surface area contributed by atoms with Crippen molar-refractivity contribution in [1.82, 2.24) is 29.4 Å². The van der Waals surface area contributed by atoms with Crippen LogP contribution in [0.4, 0.5) is 0 Å². The third-order valence-corrected chi connectivity index (χ3v) is 5.72. The molecule has 6 heteroatoms. The molecule has 0 saturated carbocycles. The molecule has 1 aliphatic heterocycles. The van der Waals surface area contributed by atoms with Gasteiger partial charge in [0.1, 0.15) is 12.0 Å². The van der Waals surface area contributed by atoms with E-state index in [1.807, 2.05) is 24.0 Å². The molecule has 1 aliphatic rings. The number of rotatable bonds is 5. The first kappa shape index (κ1) is 17.1. The molecular formula is C22H24N6. The molecule has 1 atom stereocenters. The number of nitrogens with one attached hydrogen (secondary N) is 1. The Morgan fingerprint density at radius 1 is 1.18 bits per heavy atom. The zero-order valence-electron chi connectivity index (χ0n) is 16.0. The second-order valence-corrected chi connectivity index (χ2v) is 7.71. The highest BCUT2D eigenvalue weighted by Gasteiger charge is 2.24. The number of nitrogens with zero attached hydrogens (tertiary/aromatic N) is 5. The van der Waals surface area contributed by atoms with E-state index in [0.717, 1.165) is 43.3 Å². The SMILES string of the molecule is Cn1ccnc1-c1cc(C[C@@H]2CCN(Cc3cccc4[nH]ccc34)C2)ncn1. The average molecular weight is 372 g/mol. The molecule has 5 rings (SSSR count). The Labute approximate surface area is 164 Å². The number of hydrogen-bond acceptors (Lipinski definition) is 4. The van der Waals surface area contributed by atoms with E-state index < -0.39 is 0 Å². The number of H-pyrrole nitrogens is 1. The summed E-state index contributed by atoms with van der Waals surface area (Å²) in [6.07, 6.45) is 9.64. The summed E-state index contributed by atoms with van der Waals surface area (Å²) >= 11 is 0. The van der Waals surface area contributed by atoms with Crippen LogP contribution in [-0.2, 0) is 20.0 Å². The van der Waals surface area contributed by atoms with Crippen molar-refractivity contribution in [2.75, 3.05) is 13.1 Å². The maximum atomic E-state index is 4.51. The maximum absolute atomic E-state index is 4.51. The van der Waals surface area contributed by atoms with Gasteiger partial charge in [-0.25, -0.2) is 15.0 Å². The van der Waals surface area contributed by atoms with Gasteiger partial charge in [0.05, 0.1) is 0 Å². The zero-order chi connectivity index (χ0) is 18.9. The van der Waals surface area contributed by atoms with Crippen LogP contribution in [0.3, 0.4) is 0 Å². The molecule has 0 unspecified atom stereocenters. The summed E-state index contributed by atoms with van der Waals surface area (Å²) in [5.74, 6) is 1.52. The summed E-state index contributed by atoms with van der Waals surface area (Å²) in [6.45, 7) is 3.26. The van der Waals surface area contributed by atoms with Gasteiger partial charge in [-0.3, -0.25) is 4.90 Å². The number of hydrogen-bond donors (Lipinski definition) is 1. The van der Waals surface area contributed by atoms with E-state index in [0.29, 0.717) is 5.92 Å². The highest BCUT2D eigenvalue weighted by atomic mass is 15.1. The largest absolute Gasteiger partial charge is 0.361 e. The molecular weight excluding hydrogens is 348 g/mol. The van der Waals surface area contributed by atoms with E-state index in [2.05, 4.69) is 55.2 Å². The molecule has 1 aromatic carbocycles. The number of aryl methyl sites for hydroxylation is 1. The first-order chi connectivity index (χ1) is 13.8. The van der Waals surface area contributed by atoms with Gasteiger partial charge < -0.3 is 9.55 Å². The third-order valence-electron chi connectivity index (χ3n) is 5.72. The van der Waals surface area contributed by atoms with Gasteiger partial charge in [-0.2, -0.15) is 0 Å². The van der Waals surface area contributed by atoms with Crippen molar-refractivity contribution in [3.05, 3.63) is 66.5 Å². The molecule has 1 fully saturated rings. The van der Waals surface area contributed by atoms with Crippen molar-refractivity contribution in [2.24, 2.45) is 13.0 Å². The normalized spacial score (nSPS) is 17.5. The van der Waals surface area contributed by atoms with Crippen molar-refractivity contribution in [3.63, 3.8) is 0 Å². The molecule has 0 amide bonds. The maximum Gasteiger partial charge on any atom is 0.158 e. The van der Waals surface area contributed by atoms with Crippen LogP contribution in [0.25, 0.3) is 22.4 Å². The van der Waals surface area contributed by atoms with Gasteiger partial charge in [-0.15, -0.1) is 0 Å². The molecule has 1 N–H and O–H groups in total. The lowest BCUT2D eigenvalue weighted by Crippen LogP contribution is -2.20. The van der Waals surface area contributed by atoms with Crippen LogP contribution in [-0.4, -0.2) is 42.5 Å². The average Bonchev–Trinajstić information content (AvgIpc) is 3.43. The number of aromatic amines is 1. The van der Waals surface area contributed by atoms with Gasteiger partial charge in [-0.05, 0) is 49.1 Å². The van der Waals surface area contributed by atoms with E-state index in [1.165, 1.54) is 22.9 Å². The minimum absolute atomic E-state index is 0.634.